The van der Waals surface area contributed by atoms with Crippen molar-refractivity contribution < 1.29 is 37.2 Å². The largest absolute Gasteiger partial charge is 1.00 e. The third-order valence-electron chi connectivity index (χ3n) is 1.92. The highest BCUT2D eigenvalue weighted by Gasteiger charge is 2.15. The molecule has 0 amide bonds. The number of ether oxygens (including phenoxy) is 2. The molecule has 0 saturated carbocycles. The summed E-state index contributed by atoms with van der Waals surface area (Å²) in [6, 6.07) is 0. The van der Waals surface area contributed by atoms with Gasteiger partial charge in [-0.15, -0.1) is 11.3 Å². The fourth-order valence-electron chi connectivity index (χ4n) is 1.26. The van der Waals surface area contributed by atoms with Gasteiger partial charge in [-0.25, -0.2) is 9.78 Å². The van der Waals surface area contributed by atoms with E-state index in [9.17, 15) is 9.59 Å². The van der Waals surface area contributed by atoms with Gasteiger partial charge in [0.2, 0.25) is 0 Å². The van der Waals surface area contributed by atoms with Crippen molar-refractivity contribution >= 4 is 29.5 Å². The Morgan fingerprint density at radius 3 is 2.04 bits per heavy atom. The molecule has 0 radical (unpaired) electrons. The molecule has 1 aromatic heterocycles. The van der Waals surface area contributed by atoms with Gasteiger partial charge in [0.05, 0.1) is 6.21 Å². The summed E-state index contributed by atoms with van der Waals surface area (Å²) in [6.07, 6.45) is 3.27. The number of nitrogens with zero attached hydrogens (tertiary/aromatic N) is 2. The zero-order valence-corrected chi connectivity index (χ0v) is 17.2. The van der Waals surface area contributed by atoms with Crippen LogP contribution in [0.1, 0.15) is 46.6 Å². The molecule has 0 aliphatic rings. The van der Waals surface area contributed by atoms with Crippen LogP contribution in [0.15, 0.2) is 16.6 Å². The predicted molar refractivity (Wildman–Crippen MR) is 94.0 cm³/mol. The lowest BCUT2D eigenvalue weighted by atomic mass is 10.2. The van der Waals surface area contributed by atoms with E-state index in [1.54, 1.807) is 12.4 Å². The molecule has 0 spiro atoms. The van der Waals surface area contributed by atoms with Crippen molar-refractivity contribution in [1.29, 1.82) is 0 Å². The summed E-state index contributed by atoms with van der Waals surface area (Å²) >= 11 is 1.48. The average Bonchev–Trinajstić information content (AvgIpc) is 2.88. The summed E-state index contributed by atoms with van der Waals surface area (Å²) in [6.45, 7) is 11.2. The van der Waals surface area contributed by atoms with Gasteiger partial charge in [-0.05, 0) is 41.5 Å². The molecule has 0 aromatic carbocycles. The first-order chi connectivity index (χ1) is 10.9. The zero-order valence-electron chi connectivity index (χ0n) is 15.7. The molecule has 9 heteroatoms. The van der Waals surface area contributed by atoms with Gasteiger partial charge in [-0.1, -0.05) is 0 Å². The molecule has 3 N–H and O–H groups in total. The lowest BCUT2D eigenvalue weighted by Gasteiger charge is -2.18. The first-order valence-corrected chi connectivity index (χ1v) is 8.43. The van der Waals surface area contributed by atoms with Crippen LogP contribution in [0.2, 0.25) is 0 Å². The minimum absolute atomic E-state index is 0. The number of hydrogen-bond acceptors (Lipinski definition) is 7. The fourth-order valence-corrected chi connectivity index (χ4v) is 1.78. The molecule has 0 fully saturated rings. The molecule has 1 heterocycles. The van der Waals surface area contributed by atoms with Crippen molar-refractivity contribution in [2.24, 2.45) is 4.99 Å². The topological polar surface area (TPSA) is 105 Å². The highest BCUT2D eigenvalue weighted by atomic mass is 35.5. The van der Waals surface area contributed by atoms with Crippen LogP contribution in [0.5, 0.6) is 0 Å². The summed E-state index contributed by atoms with van der Waals surface area (Å²) in [7, 11) is 0. The Hall–Kier alpha value is -1.51. The van der Waals surface area contributed by atoms with Crippen LogP contribution < -0.4 is 18.1 Å². The van der Waals surface area contributed by atoms with Gasteiger partial charge in [0, 0.05) is 11.6 Å². The van der Waals surface area contributed by atoms with Gasteiger partial charge >= 0.3 is 11.9 Å². The number of rotatable bonds is 4. The molecular weight excluding hydrogens is 366 g/mol. The second-order valence-electron chi connectivity index (χ2n) is 6.76. The van der Waals surface area contributed by atoms with Crippen LogP contribution in [0.3, 0.4) is 0 Å². The Morgan fingerprint density at radius 1 is 1.16 bits per heavy atom. The van der Waals surface area contributed by atoms with Gasteiger partial charge in [0.15, 0.2) is 6.54 Å². The Balaban J connectivity index is 0. The minimum Gasteiger partial charge on any atom is -1.00 e. The van der Waals surface area contributed by atoms with Crippen LogP contribution in [0, 0.1) is 0 Å². The summed E-state index contributed by atoms with van der Waals surface area (Å²) in [4.78, 5) is 29.7. The number of carbonyl (C=O) groups is 2. The van der Waals surface area contributed by atoms with E-state index in [1.165, 1.54) is 11.3 Å². The normalized spacial score (nSPS) is 11.2. The molecule has 0 atom stereocenters. The Kier molecular flexibility index (Phi) is 12.3. The van der Waals surface area contributed by atoms with E-state index in [1.807, 2.05) is 46.9 Å². The number of aromatic nitrogens is 1. The van der Waals surface area contributed by atoms with E-state index in [2.05, 4.69) is 15.7 Å². The van der Waals surface area contributed by atoms with E-state index in [-0.39, 0.29) is 43.0 Å². The second kappa shape index (κ2) is 11.9. The van der Waals surface area contributed by atoms with Gasteiger partial charge in [0.1, 0.15) is 22.8 Å². The summed E-state index contributed by atoms with van der Waals surface area (Å²) in [5, 5.41) is 2.65. The number of carbonyl (C=O) groups excluding carboxylic acids is 2. The maximum absolute atomic E-state index is 11.2. The standard InChI is InChI=1S/C10H14N2O2S.C6H13NO2.ClH/c1-10(2,3)14-9(13)7-11-6-8-12-4-5-15-8;1-6(2,3)9-5(8)4-7;/h4-6H,7H2,1-3H3;4,7H2,1-3H3;1H. The first kappa shape index (κ1) is 25.7. The highest BCUT2D eigenvalue weighted by Crippen LogP contribution is 2.07. The van der Waals surface area contributed by atoms with Crippen molar-refractivity contribution in [1.82, 2.24) is 4.98 Å². The van der Waals surface area contributed by atoms with Gasteiger partial charge in [-0.3, -0.25) is 9.79 Å². The lowest BCUT2D eigenvalue weighted by Crippen LogP contribution is -3.00. The fraction of sp³-hybridized carbons (Fsp3) is 0.625. The Morgan fingerprint density at radius 2 is 1.68 bits per heavy atom. The van der Waals surface area contributed by atoms with Gasteiger partial charge < -0.3 is 27.6 Å². The summed E-state index contributed by atoms with van der Waals surface area (Å²) < 4.78 is 9.97. The first-order valence-electron chi connectivity index (χ1n) is 7.55. The number of thiazole rings is 1. The van der Waals surface area contributed by atoms with Crippen molar-refractivity contribution in [2.45, 2.75) is 52.7 Å². The van der Waals surface area contributed by atoms with E-state index in [0.717, 1.165) is 5.01 Å². The monoisotopic (exact) mass is 393 g/mol. The molecule has 0 aliphatic heterocycles. The number of esters is 2. The third kappa shape index (κ3) is 17.1. The summed E-state index contributed by atoms with van der Waals surface area (Å²) in [5.74, 6) is -0.571. The Bertz CT molecular complexity index is 535. The highest BCUT2D eigenvalue weighted by molar-refractivity contribution is 7.11. The average molecular weight is 394 g/mol. The van der Waals surface area contributed by atoms with Crippen molar-refractivity contribution in [3.8, 4) is 0 Å². The minimum atomic E-state index is -0.451. The maximum Gasteiger partial charge on any atom is 0.362 e. The van der Waals surface area contributed by atoms with E-state index in [0.29, 0.717) is 0 Å². The number of quaternary nitrogens is 1. The van der Waals surface area contributed by atoms with Crippen LogP contribution in [0.4, 0.5) is 0 Å². The zero-order chi connectivity index (χ0) is 18.8. The predicted octanol–water partition coefficient (Wildman–Crippen LogP) is -1.52. The SMILES string of the molecule is CC(C)(C)OC(=O)CN=Cc1nccs1.CC(C)(C)OC(=O)C[NH3+].[Cl-]. The van der Waals surface area contributed by atoms with Crippen LogP contribution in [0.25, 0.3) is 0 Å². The van der Waals surface area contributed by atoms with Gasteiger partial charge in [-0.2, -0.15) is 0 Å². The maximum atomic E-state index is 11.2. The summed E-state index contributed by atoms with van der Waals surface area (Å²) in [5.41, 5.74) is 2.58. The van der Waals surface area contributed by atoms with Crippen molar-refractivity contribution in [2.75, 3.05) is 13.1 Å². The molecule has 25 heavy (non-hydrogen) atoms. The molecular formula is C16H28ClN3O4S. The molecule has 0 bridgehead atoms. The lowest BCUT2D eigenvalue weighted by molar-refractivity contribution is -0.361. The molecule has 7 nitrogen and oxygen atoms in total. The van der Waals surface area contributed by atoms with E-state index >= 15 is 0 Å². The van der Waals surface area contributed by atoms with E-state index < -0.39 is 5.60 Å². The molecule has 1 rings (SSSR count). The van der Waals surface area contributed by atoms with Crippen LogP contribution in [-0.4, -0.2) is 47.4 Å². The molecule has 0 saturated heterocycles. The molecule has 0 unspecified atom stereocenters. The number of hydrogen-bond donors (Lipinski definition) is 1. The van der Waals surface area contributed by atoms with Crippen LogP contribution >= 0.6 is 11.3 Å². The quantitative estimate of drug-likeness (QED) is 0.494. The smallest absolute Gasteiger partial charge is 0.362 e. The number of aliphatic imine (C=N–C) groups is 1. The van der Waals surface area contributed by atoms with Gasteiger partial charge in [0.25, 0.3) is 0 Å². The molecule has 1 aromatic rings. The van der Waals surface area contributed by atoms with Crippen molar-refractivity contribution in [3.05, 3.63) is 16.6 Å². The van der Waals surface area contributed by atoms with E-state index in [4.69, 9.17) is 9.47 Å². The van der Waals surface area contributed by atoms with Crippen molar-refractivity contribution in [3.63, 3.8) is 0 Å². The number of halogens is 1. The van der Waals surface area contributed by atoms with Crippen LogP contribution in [-0.2, 0) is 19.1 Å². The molecule has 0 aliphatic carbocycles. The Labute approximate surface area is 159 Å². The second-order valence-corrected chi connectivity index (χ2v) is 7.69. The molecule has 144 valence electrons. The third-order valence-corrected chi connectivity index (χ3v) is 2.63.